The monoisotopic (exact) mass is 429 g/mol. The summed E-state index contributed by atoms with van der Waals surface area (Å²) in [6.07, 6.45) is 8.82. The number of hydrogen-bond donors (Lipinski definition) is 1. The van der Waals surface area contributed by atoms with E-state index >= 15 is 0 Å². The Kier molecular flexibility index (Phi) is 6.38. The summed E-state index contributed by atoms with van der Waals surface area (Å²) in [5.74, 6) is 2.65. The average molecular weight is 430 g/mol. The number of hydrogen-bond acceptors (Lipinski definition) is 8. The van der Waals surface area contributed by atoms with E-state index in [-0.39, 0.29) is 17.9 Å². The van der Waals surface area contributed by atoms with Crippen molar-refractivity contribution in [2.24, 2.45) is 5.92 Å². The molecule has 9 nitrogen and oxygen atoms in total. The van der Waals surface area contributed by atoms with Crippen molar-refractivity contribution < 1.29 is 9.53 Å². The minimum Gasteiger partial charge on any atom is -0.376 e. The number of aromatic nitrogens is 3. The Bertz CT molecular complexity index is 716. The number of piperidine rings is 1. The predicted octanol–water partition coefficient (Wildman–Crippen LogP) is 1.58. The molecule has 0 unspecified atom stereocenters. The minimum absolute atomic E-state index is 0.0654. The topological polar surface area (TPSA) is 86.7 Å². The third-order valence-corrected chi connectivity index (χ3v) is 7.05. The number of carbonyl (C=O) groups excluding carboxylic acids is 1. The highest BCUT2D eigenvalue weighted by Crippen LogP contribution is 2.27. The van der Waals surface area contributed by atoms with Crippen LogP contribution in [0, 0.1) is 5.92 Å². The van der Waals surface area contributed by atoms with Gasteiger partial charge in [-0.15, -0.1) is 0 Å². The van der Waals surface area contributed by atoms with Crippen LogP contribution in [-0.2, 0) is 9.53 Å². The Hall–Kier alpha value is -2.16. The molecule has 4 aliphatic heterocycles. The van der Waals surface area contributed by atoms with Gasteiger partial charge < -0.3 is 24.8 Å². The number of carbonyl (C=O) groups is 1. The Morgan fingerprint density at radius 2 is 1.29 bits per heavy atom. The molecular formula is C22H35N7O2. The van der Waals surface area contributed by atoms with Gasteiger partial charge in [-0.05, 0) is 51.4 Å². The molecule has 0 saturated carbocycles. The van der Waals surface area contributed by atoms with Crippen LogP contribution in [0.5, 0.6) is 0 Å². The molecule has 0 bridgehead atoms. The lowest BCUT2D eigenvalue weighted by molar-refractivity contribution is -0.126. The molecule has 5 rings (SSSR count). The molecule has 1 aromatic heterocycles. The molecule has 5 heterocycles. The van der Waals surface area contributed by atoms with Gasteiger partial charge in [-0.3, -0.25) is 4.79 Å². The molecule has 0 aliphatic carbocycles. The Labute approximate surface area is 184 Å². The van der Waals surface area contributed by atoms with Gasteiger partial charge in [0.05, 0.1) is 6.10 Å². The summed E-state index contributed by atoms with van der Waals surface area (Å²) in [4.78, 5) is 34.0. The van der Waals surface area contributed by atoms with E-state index in [0.717, 1.165) is 89.4 Å². The largest absolute Gasteiger partial charge is 0.376 e. The van der Waals surface area contributed by atoms with Crippen LogP contribution in [0.15, 0.2) is 0 Å². The average Bonchev–Trinajstić information content (AvgIpc) is 3.60. The normalized spacial score (nSPS) is 24.9. The highest BCUT2D eigenvalue weighted by atomic mass is 16.5. The van der Waals surface area contributed by atoms with Gasteiger partial charge in [0.1, 0.15) is 0 Å². The van der Waals surface area contributed by atoms with E-state index in [1.165, 1.54) is 25.7 Å². The third kappa shape index (κ3) is 4.86. The van der Waals surface area contributed by atoms with E-state index in [9.17, 15) is 4.79 Å². The molecular weight excluding hydrogens is 394 g/mol. The lowest BCUT2D eigenvalue weighted by Gasteiger charge is -2.32. The number of anilines is 3. The first-order valence-corrected chi connectivity index (χ1v) is 12.2. The summed E-state index contributed by atoms with van der Waals surface area (Å²) < 4.78 is 5.62. The maximum absolute atomic E-state index is 12.6. The lowest BCUT2D eigenvalue weighted by atomic mass is 9.96. The summed E-state index contributed by atoms with van der Waals surface area (Å²) in [5, 5.41) is 3.10. The summed E-state index contributed by atoms with van der Waals surface area (Å²) in [6.45, 7) is 7.17. The fourth-order valence-electron chi connectivity index (χ4n) is 5.11. The summed E-state index contributed by atoms with van der Waals surface area (Å²) in [5.41, 5.74) is 0. The van der Waals surface area contributed by atoms with Crippen LogP contribution in [0.3, 0.4) is 0 Å². The Balaban J connectivity index is 1.23. The van der Waals surface area contributed by atoms with Crippen molar-refractivity contribution in [3.63, 3.8) is 0 Å². The fourth-order valence-corrected chi connectivity index (χ4v) is 5.11. The SMILES string of the molecule is O=C(NC[C@H]1CCCO1)C1CCN(c2nc(N3CCCC3)nc(N3CCCC3)n2)CC1. The van der Waals surface area contributed by atoms with Gasteiger partial charge in [-0.2, -0.15) is 15.0 Å². The molecule has 9 heteroatoms. The first-order chi connectivity index (χ1) is 15.3. The second-order valence-corrected chi connectivity index (χ2v) is 9.27. The fraction of sp³-hybridized carbons (Fsp3) is 0.818. The van der Waals surface area contributed by atoms with E-state index in [1.807, 2.05) is 0 Å². The number of nitrogens with zero attached hydrogens (tertiary/aromatic N) is 6. The standard InChI is InChI=1S/C22H35N7O2/c30-19(23-16-18-6-5-15-31-18)17-7-13-29(14-8-17)22-25-20(27-9-1-2-10-27)24-21(26-22)28-11-3-4-12-28/h17-18H,1-16H2,(H,23,30)/t18-/m1/s1. The highest BCUT2D eigenvalue weighted by Gasteiger charge is 2.29. The molecule has 0 spiro atoms. The first-order valence-electron chi connectivity index (χ1n) is 12.2. The van der Waals surface area contributed by atoms with Crippen molar-refractivity contribution in [3.05, 3.63) is 0 Å². The Morgan fingerprint density at radius 1 is 0.774 bits per heavy atom. The van der Waals surface area contributed by atoms with Crippen LogP contribution >= 0.6 is 0 Å². The summed E-state index contributed by atoms with van der Waals surface area (Å²) in [7, 11) is 0. The number of nitrogens with one attached hydrogen (secondary N) is 1. The zero-order chi connectivity index (χ0) is 21.0. The molecule has 0 aromatic carbocycles. The van der Waals surface area contributed by atoms with Gasteiger partial charge in [-0.25, -0.2) is 0 Å². The molecule has 170 valence electrons. The zero-order valence-electron chi connectivity index (χ0n) is 18.5. The van der Waals surface area contributed by atoms with Crippen LogP contribution in [0.4, 0.5) is 17.8 Å². The number of rotatable bonds is 6. The van der Waals surface area contributed by atoms with Crippen LogP contribution in [0.1, 0.15) is 51.4 Å². The molecule has 0 radical (unpaired) electrons. The quantitative estimate of drug-likeness (QED) is 0.730. The van der Waals surface area contributed by atoms with E-state index in [2.05, 4.69) is 20.0 Å². The molecule has 1 aromatic rings. The smallest absolute Gasteiger partial charge is 0.231 e. The number of amides is 1. The molecule has 1 atom stereocenters. The summed E-state index contributed by atoms with van der Waals surface area (Å²) >= 11 is 0. The second-order valence-electron chi connectivity index (χ2n) is 9.27. The van der Waals surface area contributed by atoms with Crippen molar-refractivity contribution in [2.75, 3.05) is 67.1 Å². The van der Waals surface area contributed by atoms with Gasteiger partial charge >= 0.3 is 0 Å². The molecule has 1 N–H and O–H groups in total. The second kappa shape index (κ2) is 9.54. The summed E-state index contributed by atoms with van der Waals surface area (Å²) in [6, 6.07) is 0. The maximum atomic E-state index is 12.6. The van der Waals surface area contributed by atoms with Crippen molar-refractivity contribution >= 4 is 23.8 Å². The van der Waals surface area contributed by atoms with Crippen LogP contribution in [-0.4, -0.2) is 79.4 Å². The Morgan fingerprint density at radius 3 is 1.77 bits per heavy atom. The van der Waals surface area contributed by atoms with Crippen molar-refractivity contribution in [1.82, 2.24) is 20.3 Å². The molecule has 4 aliphatic rings. The molecule has 31 heavy (non-hydrogen) atoms. The van der Waals surface area contributed by atoms with Crippen LogP contribution < -0.4 is 20.0 Å². The highest BCUT2D eigenvalue weighted by molar-refractivity contribution is 5.79. The van der Waals surface area contributed by atoms with Gasteiger partial charge in [0.25, 0.3) is 0 Å². The number of ether oxygens (including phenoxy) is 1. The molecule has 1 amide bonds. The van der Waals surface area contributed by atoms with Crippen molar-refractivity contribution in [1.29, 1.82) is 0 Å². The first kappa shape index (κ1) is 20.7. The van der Waals surface area contributed by atoms with Crippen LogP contribution in [0.25, 0.3) is 0 Å². The van der Waals surface area contributed by atoms with E-state index < -0.39 is 0 Å². The van der Waals surface area contributed by atoms with E-state index in [4.69, 9.17) is 19.7 Å². The van der Waals surface area contributed by atoms with Gasteiger partial charge in [-0.1, -0.05) is 0 Å². The van der Waals surface area contributed by atoms with Crippen LogP contribution in [0.2, 0.25) is 0 Å². The molecule has 4 saturated heterocycles. The van der Waals surface area contributed by atoms with Gasteiger partial charge in [0, 0.05) is 58.3 Å². The van der Waals surface area contributed by atoms with E-state index in [1.54, 1.807) is 0 Å². The minimum atomic E-state index is 0.0654. The lowest BCUT2D eigenvalue weighted by Crippen LogP contribution is -2.43. The zero-order valence-corrected chi connectivity index (χ0v) is 18.5. The van der Waals surface area contributed by atoms with Gasteiger partial charge in [0.2, 0.25) is 23.8 Å². The van der Waals surface area contributed by atoms with E-state index in [0.29, 0.717) is 6.54 Å². The molecule has 4 fully saturated rings. The maximum Gasteiger partial charge on any atom is 0.231 e. The van der Waals surface area contributed by atoms with Crippen molar-refractivity contribution in [3.8, 4) is 0 Å². The van der Waals surface area contributed by atoms with Gasteiger partial charge in [0.15, 0.2) is 0 Å². The van der Waals surface area contributed by atoms with Crippen molar-refractivity contribution in [2.45, 2.75) is 57.5 Å². The predicted molar refractivity (Wildman–Crippen MR) is 120 cm³/mol. The third-order valence-electron chi connectivity index (χ3n) is 7.05.